The van der Waals surface area contributed by atoms with E-state index in [9.17, 15) is 4.79 Å². The molecule has 5 nitrogen and oxygen atoms in total. The lowest BCUT2D eigenvalue weighted by atomic mass is 10.00. The van der Waals surface area contributed by atoms with Crippen LogP contribution in [0.25, 0.3) is 0 Å². The Morgan fingerprint density at radius 1 is 1.28 bits per heavy atom. The summed E-state index contributed by atoms with van der Waals surface area (Å²) < 4.78 is 6.01. The maximum atomic E-state index is 12.0. The molecule has 5 heteroatoms. The van der Waals surface area contributed by atoms with Crippen LogP contribution in [0.1, 0.15) is 20.3 Å². The summed E-state index contributed by atoms with van der Waals surface area (Å²) in [6.07, 6.45) is 0.954. The highest BCUT2D eigenvalue weighted by Crippen LogP contribution is 2.30. The molecule has 1 spiro atoms. The Labute approximate surface area is 110 Å². The van der Waals surface area contributed by atoms with Gasteiger partial charge < -0.3 is 14.5 Å². The van der Waals surface area contributed by atoms with Crippen molar-refractivity contribution in [1.29, 1.82) is 0 Å². The predicted octanol–water partition coefficient (Wildman–Crippen LogP) is 0.853. The van der Waals surface area contributed by atoms with Crippen molar-refractivity contribution in [2.75, 3.05) is 46.9 Å². The first-order chi connectivity index (χ1) is 8.43. The second-order valence-corrected chi connectivity index (χ2v) is 5.94. The first kappa shape index (κ1) is 13.6. The number of ether oxygens (including phenoxy) is 1. The Bertz CT molecular complexity index is 319. The number of nitrogens with zero attached hydrogens (tertiary/aromatic N) is 3. The van der Waals surface area contributed by atoms with Crippen LogP contribution >= 0.6 is 0 Å². The van der Waals surface area contributed by atoms with Crippen molar-refractivity contribution in [1.82, 2.24) is 14.7 Å². The predicted molar refractivity (Wildman–Crippen MR) is 70.7 cm³/mol. The summed E-state index contributed by atoms with van der Waals surface area (Å²) in [7, 11) is 3.60. The number of carbonyl (C=O) groups excluding carboxylic acids is 1. The highest BCUT2D eigenvalue weighted by atomic mass is 16.5. The monoisotopic (exact) mass is 255 g/mol. The summed E-state index contributed by atoms with van der Waals surface area (Å²) in [6, 6.07) is 0.640. The van der Waals surface area contributed by atoms with E-state index in [0.717, 1.165) is 39.2 Å². The smallest absolute Gasteiger partial charge is 0.319 e. The summed E-state index contributed by atoms with van der Waals surface area (Å²) in [6.45, 7) is 8.70. The number of amides is 2. The van der Waals surface area contributed by atoms with E-state index in [1.165, 1.54) is 0 Å². The van der Waals surface area contributed by atoms with E-state index in [1.54, 1.807) is 19.0 Å². The molecule has 0 aromatic carbocycles. The number of morpholine rings is 1. The number of hydrogen-bond acceptors (Lipinski definition) is 3. The summed E-state index contributed by atoms with van der Waals surface area (Å²) in [5.41, 5.74) is -0.131. The lowest BCUT2D eigenvalue weighted by Crippen LogP contribution is -2.55. The van der Waals surface area contributed by atoms with Gasteiger partial charge in [0.1, 0.15) is 5.60 Å². The fraction of sp³-hybridized carbons (Fsp3) is 0.923. The molecule has 0 N–H and O–H groups in total. The van der Waals surface area contributed by atoms with Gasteiger partial charge in [0.15, 0.2) is 0 Å². The molecule has 104 valence electrons. The molecule has 0 aliphatic carbocycles. The van der Waals surface area contributed by atoms with Crippen molar-refractivity contribution < 1.29 is 9.53 Å². The van der Waals surface area contributed by atoms with Crippen molar-refractivity contribution >= 4 is 6.03 Å². The minimum atomic E-state index is -0.131. The van der Waals surface area contributed by atoms with Crippen LogP contribution in [0.15, 0.2) is 0 Å². The third-order valence-corrected chi connectivity index (χ3v) is 3.98. The Hall–Kier alpha value is -0.810. The standard InChI is InChI=1S/C13H25N3O2/c1-11(2)15-7-8-18-13(9-15)5-6-16(10-13)12(17)14(3)4/h11H,5-10H2,1-4H3. The van der Waals surface area contributed by atoms with Crippen molar-refractivity contribution in [3.8, 4) is 0 Å². The molecule has 18 heavy (non-hydrogen) atoms. The van der Waals surface area contributed by atoms with E-state index in [1.807, 2.05) is 4.90 Å². The number of rotatable bonds is 1. The Balaban J connectivity index is 2.00. The number of urea groups is 1. The van der Waals surface area contributed by atoms with Crippen LogP contribution in [0.4, 0.5) is 4.79 Å². The zero-order valence-corrected chi connectivity index (χ0v) is 12.0. The van der Waals surface area contributed by atoms with Crippen LogP contribution in [0.2, 0.25) is 0 Å². The molecule has 1 atom stereocenters. The molecule has 0 saturated carbocycles. The van der Waals surface area contributed by atoms with Gasteiger partial charge in [-0.1, -0.05) is 0 Å². The maximum Gasteiger partial charge on any atom is 0.319 e. The van der Waals surface area contributed by atoms with Gasteiger partial charge >= 0.3 is 6.03 Å². The molecule has 0 aromatic rings. The Morgan fingerprint density at radius 2 is 2.00 bits per heavy atom. The van der Waals surface area contributed by atoms with E-state index < -0.39 is 0 Å². The molecule has 2 saturated heterocycles. The number of likely N-dealkylation sites (tertiary alicyclic amines) is 1. The minimum Gasteiger partial charge on any atom is -0.370 e. The van der Waals surface area contributed by atoms with Crippen LogP contribution in [0.5, 0.6) is 0 Å². The van der Waals surface area contributed by atoms with Crippen LogP contribution in [0, 0.1) is 0 Å². The summed E-state index contributed by atoms with van der Waals surface area (Å²) in [5.74, 6) is 0. The van der Waals surface area contributed by atoms with E-state index in [2.05, 4.69) is 18.7 Å². The first-order valence-electron chi connectivity index (χ1n) is 6.78. The normalized spacial score (nSPS) is 29.3. The van der Waals surface area contributed by atoms with Gasteiger partial charge in [-0.3, -0.25) is 4.90 Å². The van der Waals surface area contributed by atoms with E-state index >= 15 is 0 Å². The summed E-state index contributed by atoms with van der Waals surface area (Å²) >= 11 is 0. The quantitative estimate of drug-likeness (QED) is 0.697. The van der Waals surface area contributed by atoms with Crippen LogP contribution in [-0.2, 0) is 4.74 Å². The minimum absolute atomic E-state index is 0.0946. The van der Waals surface area contributed by atoms with Gasteiger partial charge in [0.25, 0.3) is 0 Å². The van der Waals surface area contributed by atoms with E-state index in [4.69, 9.17) is 4.74 Å². The second-order valence-electron chi connectivity index (χ2n) is 5.94. The van der Waals surface area contributed by atoms with Gasteiger partial charge in [0.2, 0.25) is 0 Å². The molecule has 2 fully saturated rings. The molecule has 2 aliphatic rings. The van der Waals surface area contributed by atoms with Crippen molar-refractivity contribution in [3.05, 3.63) is 0 Å². The third kappa shape index (κ3) is 2.62. The average molecular weight is 255 g/mol. The van der Waals surface area contributed by atoms with Crippen molar-refractivity contribution in [3.63, 3.8) is 0 Å². The number of carbonyl (C=O) groups is 1. The molecule has 0 radical (unpaired) electrons. The molecule has 0 bridgehead atoms. The number of hydrogen-bond donors (Lipinski definition) is 0. The van der Waals surface area contributed by atoms with Crippen LogP contribution in [0.3, 0.4) is 0 Å². The molecular formula is C13H25N3O2. The Morgan fingerprint density at radius 3 is 2.61 bits per heavy atom. The van der Waals surface area contributed by atoms with Gasteiger partial charge in [-0.2, -0.15) is 0 Å². The molecule has 2 aliphatic heterocycles. The van der Waals surface area contributed by atoms with Crippen LogP contribution < -0.4 is 0 Å². The topological polar surface area (TPSA) is 36.0 Å². The van der Waals surface area contributed by atoms with Crippen molar-refractivity contribution in [2.24, 2.45) is 0 Å². The molecule has 2 rings (SSSR count). The first-order valence-corrected chi connectivity index (χ1v) is 6.78. The summed E-state index contributed by atoms with van der Waals surface area (Å²) in [4.78, 5) is 18.0. The lowest BCUT2D eigenvalue weighted by Gasteiger charge is -2.42. The zero-order valence-electron chi connectivity index (χ0n) is 12.0. The van der Waals surface area contributed by atoms with Gasteiger partial charge in [-0.15, -0.1) is 0 Å². The summed E-state index contributed by atoms with van der Waals surface area (Å²) in [5, 5.41) is 0. The lowest BCUT2D eigenvalue weighted by molar-refractivity contribution is -0.107. The van der Waals surface area contributed by atoms with Crippen molar-refractivity contribution in [2.45, 2.75) is 31.9 Å². The van der Waals surface area contributed by atoms with Gasteiger partial charge in [-0.05, 0) is 20.3 Å². The molecule has 1 unspecified atom stereocenters. The average Bonchev–Trinajstić information content (AvgIpc) is 2.72. The van der Waals surface area contributed by atoms with E-state index in [0.29, 0.717) is 6.04 Å². The highest BCUT2D eigenvalue weighted by molar-refractivity contribution is 5.74. The maximum absolute atomic E-state index is 12.0. The molecule has 2 heterocycles. The zero-order chi connectivity index (χ0) is 13.3. The van der Waals surface area contributed by atoms with Gasteiger partial charge in [0.05, 0.1) is 13.2 Å². The van der Waals surface area contributed by atoms with Crippen LogP contribution in [-0.4, -0.2) is 79.3 Å². The fourth-order valence-corrected chi connectivity index (χ4v) is 2.85. The molecule has 0 aromatic heterocycles. The Kier molecular flexibility index (Phi) is 3.82. The fourth-order valence-electron chi connectivity index (χ4n) is 2.85. The SMILES string of the molecule is CC(C)N1CCOC2(CCN(C(=O)N(C)C)C2)C1. The third-order valence-electron chi connectivity index (χ3n) is 3.98. The highest BCUT2D eigenvalue weighted by Gasteiger charge is 2.44. The van der Waals surface area contributed by atoms with E-state index in [-0.39, 0.29) is 11.6 Å². The molecular weight excluding hydrogens is 230 g/mol. The van der Waals surface area contributed by atoms with Gasteiger partial charge in [-0.25, -0.2) is 4.79 Å². The second kappa shape index (κ2) is 5.05. The largest absolute Gasteiger partial charge is 0.370 e. The molecule has 2 amide bonds. The van der Waals surface area contributed by atoms with Gasteiger partial charge in [0, 0.05) is 39.8 Å².